The summed E-state index contributed by atoms with van der Waals surface area (Å²) >= 11 is 0. The van der Waals surface area contributed by atoms with E-state index in [1.807, 2.05) is 38.1 Å². The Bertz CT molecular complexity index is 1080. The molecule has 1 aliphatic carbocycles. The molecule has 0 aromatic heterocycles. The van der Waals surface area contributed by atoms with Crippen molar-refractivity contribution in [3.63, 3.8) is 0 Å². The molecule has 1 unspecified atom stereocenters. The molecule has 2 aromatic carbocycles. The fraction of sp³-hybridized carbons (Fsp3) is 0.533. The lowest BCUT2D eigenvalue weighted by atomic mass is 9.86. The summed E-state index contributed by atoms with van der Waals surface area (Å²) in [5.41, 5.74) is 4.71. The van der Waals surface area contributed by atoms with Crippen LogP contribution in [-0.2, 0) is 19.1 Å². The van der Waals surface area contributed by atoms with Gasteiger partial charge in [-0.15, -0.1) is 0 Å². The summed E-state index contributed by atoms with van der Waals surface area (Å²) in [6.45, 7) is 12.8. The Morgan fingerprint density at radius 2 is 1.50 bits per heavy atom. The summed E-state index contributed by atoms with van der Waals surface area (Å²) in [6, 6.07) is 16.4. The highest BCUT2D eigenvalue weighted by Crippen LogP contribution is 2.44. The van der Waals surface area contributed by atoms with Crippen molar-refractivity contribution < 1.29 is 29.0 Å². The zero-order valence-electron chi connectivity index (χ0n) is 23.6. The van der Waals surface area contributed by atoms with E-state index in [1.165, 1.54) is 11.1 Å². The number of aliphatic hydroxyl groups excluding tert-OH is 1. The third-order valence-corrected chi connectivity index (χ3v) is 6.75. The minimum Gasteiger partial charge on any atom is -0.448 e. The van der Waals surface area contributed by atoms with Gasteiger partial charge >= 0.3 is 6.09 Å². The molecule has 2 aromatic rings. The largest absolute Gasteiger partial charge is 0.448 e. The standard InChI is InChI=1S/C30H42N2O6/c1-20(33)18-28(2,3)26(34)32-38-29(4,5)16-17-37-30(6,7)31-27(35)36-19-25-23-14-10-8-12-21(23)22-13-9-11-15-24(22)25/h8-15,20,25,33H,16-19H2,1-7H3,(H,31,35)(H,32,34). The highest BCUT2D eigenvalue weighted by Gasteiger charge is 2.32. The lowest BCUT2D eigenvalue weighted by Gasteiger charge is -2.31. The van der Waals surface area contributed by atoms with E-state index in [2.05, 4.69) is 35.1 Å². The Labute approximate surface area is 226 Å². The summed E-state index contributed by atoms with van der Waals surface area (Å²) in [7, 11) is 0. The predicted molar refractivity (Wildman–Crippen MR) is 146 cm³/mol. The maximum Gasteiger partial charge on any atom is 0.409 e. The van der Waals surface area contributed by atoms with Gasteiger partial charge < -0.3 is 14.6 Å². The number of hydrogen-bond donors (Lipinski definition) is 3. The van der Waals surface area contributed by atoms with Crippen molar-refractivity contribution in [2.45, 2.75) is 84.7 Å². The van der Waals surface area contributed by atoms with Crippen molar-refractivity contribution >= 4 is 12.0 Å². The number of ether oxygens (including phenoxy) is 2. The van der Waals surface area contributed by atoms with E-state index in [0.717, 1.165) is 11.1 Å². The average molecular weight is 527 g/mol. The summed E-state index contributed by atoms with van der Waals surface area (Å²) in [4.78, 5) is 30.7. The predicted octanol–water partition coefficient (Wildman–Crippen LogP) is 5.29. The fourth-order valence-corrected chi connectivity index (χ4v) is 4.67. The lowest BCUT2D eigenvalue weighted by molar-refractivity contribution is -0.162. The molecule has 208 valence electrons. The maximum atomic E-state index is 12.6. The topological polar surface area (TPSA) is 106 Å². The first-order chi connectivity index (χ1) is 17.7. The number of alkyl carbamates (subject to hydrolysis) is 1. The molecule has 0 spiro atoms. The van der Waals surface area contributed by atoms with E-state index in [4.69, 9.17) is 14.3 Å². The lowest BCUT2D eigenvalue weighted by Crippen LogP contribution is -2.47. The first-order valence-corrected chi connectivity index (χ1v) is 13.1. The Kier molecular flexibility index (Phi) is 9.23. The number of carbonyl (C=O) groups is 2. The van der Waals surface area contributed by atoms with E-state index in [1.54, 1.807) is 34.6 Å². The van der Waals surface area contributed by atoms with Gasteiger partial charge in [0.2, 0.25) is 5.91 Å². The SMILES string of the molecule is CC(O)CC(C)(C)C(=O)NOC(C)(C)CCOC(C)(C)NC(=O)OCC1c2ccccc2-c2ccccc21. The van der Waals surface area contributed by atoms with Gasteiger partial charge in [-0.25, -0.2) is 10.3 Å². The second-order valence-corrected chi connectivity index (χ2v) is 11.8. The van der Waals surface area contributed by atoms with Crippen molar-refractivity contribution in [3.8, 4) is 11.1 Å². The van der Waals surface area contributed by atoms with Crippen LogP contribution < -0.4 is 10.8 Å². The van der Waals surface area contributed by atoms with Crippen LogP contribution in [0.2, 0.25) is 0 Å². The summed E-state index contributed by atoms with van der Waals surface area (Å²) in [5, 5.41) is 12.4. The number of hydroxylamine groups is 1. The molecule has 0 bridgehead atoms. The second kappa shape index (κ2) is 11.8. The smallest absolute Gasteiger partial charge is 0.409 e. The van der Waals surface area contributed by atoms with Crippen LogP contribution in [-0.4, -0.2) is 47.8 Å². The van der Waals surface area contributed by atoms with Gasteiger partial charge in [-0.3, -0.25) is 14.9 Å². The maximum absolute atomic E-state index is 12.6. The molecular weight excluding hydrogens is 484 g/mol. The van der Waals surface area contributed by atoms with Gasteiger partial charge in [0.25, 0.3) is 0 Å². The van der Waals surface area contributed by atoms with Crippen LogP contribution in [0.4, 0.5) is 4.79 Å². The van der Waals surface area contributed by atoms with Crippen LogP contribution in [0.15, 0.2) is 48.5 Å². The molecule has 0 aliphatic heterocycles. The summed E-state index contributed by atoms with van der Waals surface area (Å²) in [6.07, 6.45) is -0.371. The van der Waals surface area contributed by atoms with Crippen LogP contribution in [0, 0.1) is 5.41 Å². The molecule has 3 rings (SSSR count). The van der Waals surface area contributed by atoms with Gasteiger partial charge in [-0.1, -0.05) is 62.4 Å². The molecule has 0 saturated heterocycles. The quantitative estimate of drug-likeness (QED) is 0.256. The van der Waals surface area contributed by atoms with Crippen LogP contribution >= 0.6 is 0 Å². The number of rotatable bonds is 12. The number of nitrogens with one attached hydrogen (secondary N) is 2. The van der Waals surface area contributed by atoms with E-state index in [-0.39, 0.29) is 25.0 Å². The minimum atomic E-state index is -0.971. The fourth-order valence-electron chi connectivity index (χ4n) is 4.67. The number of benzene rings is 2. The Morgan fingerprint density at radius 3 is 2.05 bits per heavy atom. The number of fused-ring (bicyclic) bond motifs is 3. The van der Waals surface area contributed by atoms with Crippen LogP contribution in [0.3, 0.4) is 0 Å². The van der Waals surface area contributed by atoms with Gasteiger partial charge in [-0.2, -0.15) is 0 Å². The molecule has 1 atom stereocenters. The molecule has 8 heteroatoms. The number of carbonyl (C=O) groups excluding carboxylic acids is 2. The van der Waals surface area contributed by atoms with E-state index < -0.39 is 28.9 Å². The van der Waals surface area contributed by atoms with Gasteiger partial charge in [-0.05, 0) is 63.3 Å². The first kappa shape index (κ1) is 29.6. The molecule has 8 nitrogen and oxygen atoms in total. The molecule has 38 heavy (non-hydrogen) atoms. The highest BCUT2D eigenvalue weighted by atomic mass is 16.7. The number of hydrogen-bond acceptors (Lipinski definition) is 6. The van der Waals surface area contributed by atoms with Crippen molar-refractivity contribution in [1.29, 1.82) is 0 Å². The average Bonchev–Trinajstić information content (AvgIpc) is 3.13. The van der Waals surface area contributed by atoms with Crippen molar-refractivity contribution in [1.82, 2.24) is 10.8 Å². The van der Waals surface area contributed by atoms with Gasteiger partial charge in [0.15, 0.2) is 0 Å². The molecular formula is C30H42N2O6. The molecule has 3 N–H and O–H groups in total. The molecule has 0 radical (unpaired) electrons. The van der Waals surface area contributed by atoms with Gasteiger partial charge in [0, 0.05) is 17.8 Å². The molecule has 0 saturated carbocycles. The molecule has 0 heterocycles. The Hall–Kier alpha value is -2.94. The second-order valence-electron chi connectivity index (χ2n) is 11.8. The van der Waals surface area contributed by atoms with Crippen LogP contribution in [0.25, 0.3) is 11.1 Å². The third-order valence-electron chi connectivity index (χ3n) is 6.75. The first-order valence-electron chi connectivity index (χ1n) is 13.1. The molecule has 2 amide bonds. The normalized spacial score (nSPS) is 14.4. The number of amides is 2. The van der Waals surface area contributed by atoms with Gasteiger partial charge in [0.05, 0.1) is 18.3 Å². The third kappa shape index (κ3) is 7.79. The zero-order valence-corrected chi connectivity index (χ0v) is 23.6. The molecule has 0 fully saturated rings. The van der Waals surface area contributed by atoms with Crippen molar-refractivity contribution in [2.24, 2.45) is 5.41 Å². The van der Waals surface area contributed by atoms with E-state index >= 15 is 0 Å². The van der Waals surface area contributed by atoms with Gasteiger partial charge in [0.1, 0.15) is 12.3 Å². The van der Waals surface area contributed by atoms with E-state index in [9.17, 15) is 14.7 Å². The summed E-state index contributed by atoms with van der Waals surface area (Å²) < 4.78 is 11.5. The van der Waals surface area contributed by atoms with Crippen molar-refractivity contribution in [3.05, 3.63) is 59.7 Å². The van der Waals surface area contributed by atoms with Crippen LogP contribution in [0.1, 0.15) is 78.4 Å². The number of aliphatic hydroxyl groups is 1. The Balaban J connectivity index is 1.45. The highest BCUT2D eigenvalue weighted by molar-refractivity contribution is 5.81. The zero-order chi connectivity index (χ0) is 28.1. The minimum absolute atomic E-state index is 0.0177. The monoisotopic (exact) mass is 526 g/mol. The Morgan fingerprint density at radius 1 is 0.947 bits per heavy atom. The summed E-state index contributed by atoms with van der Waals surface area (Å²) in [5.74, 6) is -0.319. The van der Waals surface area contributed by atoms with Crippen molar-refractivity contribution in [2.75, 3.05) is 13.2 Å². The molecule has 1 aliphatic rings. The van der Waals surface area contributed by atoms with E-state index in [0.29, 0.717) is 12.8 Å². The van der Waals surface area contributed by atoms with Crippen LogP contribution in [0.5, 0.6) is 0 Å².